The molecule has 3 rings (SSSR count). The number of benzene rings is 1. The highest BCUT2D eigenvalue weighted by Gasteiger charge is 2.25. The van der Waals surface area contributed by atoms with E-state index in [1.165, 1.54) is 6.33 Å². The van der Waals surface area contributed by atoms with Crippen molar-refractivity contribution in [2.75, 3.05) is 51.1 Å². The van der Waals surface area contributed by atoms with E-state index in [0.29, 0.717) is 11.4 Å². The van der Waals surface area contributed by atoms with Crippen LogP contribution in [0.4, 0.5) is 23.0 Å². The molecule has 0 saturated carbocycles. The number of hydrazine groups is 1. The van der Waals surface area contributed by atoms with Gasteiger partial charge in [0.2, 0.25) is 11.6 Å². The molecule has 0 radical (unpaired) electrons. The van der Waals surface area contributed by atoms with Crippen molar-refractivity contribution in [3.8, 4) is 5.75 Å². The van der Waals surface area contributed by atoms with Crippen molar-refractivity contribution in [3.05, 3.63) is 40.7 Å². The average Bonchev–Trinajstić information content (AvgIpc) is 2.64. The van der Waals surface area contributed by atoms with Crippen LogP contribution < -0.4 is 15.5 Å². The highest BCUT2D eigenvalue weighted by atomic mass is 16.6. The first-order valence-electron chi connectivity index (χ1n) is 8.17. The number of hydrogen-bond donors (Lipinski definition) is 2. The molecule has 1 aromatic carbocycles. The van der Waals surface area contributed by atoms with Gasteiger partial charge in [0.15, 0.2) is 0 Å². The van der Waals surface area contributed by atoms with Gasteiger partial charge in [-0.3, -0.25) is 15.5 Å². The van der Waals surface area contributed by atoms with Crippen molar-refractivity contribution < 1.29 is 9.66 Å². The second-order valence-electron chi connectivity index (χ2n) is 5.94. The molecule has 1 saturated heterocycles. The van der Waals surface area contributed by atoms with Gasteiger partial charge < -0.3 is 15.0 Å². The molecule has 2 aromatic rings. The molecule has 1 aliphatic rings. The van der Waals surface area contributed by atoms with Crippen molar-refractivity contribution in [1.29, 1.82) is 0 Å². The van der Waals surface area contributed by atoms with Gasteiger partial charge in [-0.15, -0.1) is 0 Å². The first kappa shape index (κ1) is 17.8. The molecule has 2 N–H and O–H groups in total. The molecular weight excluding hydrogens is 338 g/mol. The quantitative estimate of drug-likeness (QED) is 0.588. The van der Waals surface area contributed by atoms with Gasteiger partial charge in [-0.05, 0) is 19.2 Å². The van der Waals surface area contributed by atoms with Crippen molar-refractivity contribution in [1.82, 2.24) is 19.9 Å². The fraction of sp³-hybridized carbons (Fsp3) is 0.375. The lowest BCUT2D eigenvalue weighted by molar-refractivity contribution is -0.383. The fourth-order valence-electron chi connectivity index (χ4n) is 2.63. The molecular formula is C16H21N7O3. The Bertz CT molecular complexity index is 778. The van der Waals surface area contributed by atoms with Crippen LogP contribution in [0.2, 0.25) is 0 Å². The maximum atomic E-state index is 11.6. The summed E-state index contributed by atoms with van der Waals surface area (Å²) in [6.07, 6.45) is 1.30. The molecule has 138 valence electrons. The summed E-state index contributed by atoms with van der Waals surface area (Å²) in [6, 6.07) is 7.10. The molecule has 2 heterocycles. The molecule has 0 amide bonds. The van der Waals surface area contributed by atoms with Gasteiger partial charge in [-0.1, -0.05) is 6.07 Å². The maximum Gasteiger partial charge on any atom is 0.354 e. The highest BCUT2D eigenvalue weighted by Crippen LogP contribution is 2.32. The molecule has 0 bridgehead atoms. The summed E-state index contributed by atoms with van der Waals surface area (Å²) in [5.74, 6) is 0.928. The number of likely N-dealkylation sites (N-methyl/N-ethyl adjacent to an activating group) is 1. The minimum absolute atomic E-state index is 0.120. The fourth-order valence-corrected chi connectivity index (χ4v) is 2.63. The topological polar surface area (TPSA) is 109 Å². The zero-order valence-corrected chi connectivity index (χ0v) is 14.7. The van der Waals surface area contributed by atoms with E-state index in [4.69, 9.17) is 4.74 Å². The largest absolute Gasteiger partial charge is 0.497 e. The van der Waals surface area contributed by atoms with Gasteiger partial charge in [-0.25, -0.2) is 15.0 Å². The Kier molecular flexibility index (Phi) is 5.44. The number of hydrogen-bond acceptors (Lipinski definition) is 9. The summed E-state index contributed by atoms with van der Waals surface area (Å²) in [5, 5.41) is 16.5. The monoisotopic (exact) mass is 359 g/mol. The Balaban J connectivity index is 1.84. The first-order valence-corrected chi connectivity index (χ1v) is 8.17. The third-order valence-electron chi connectivity index (χ3n) is 4.10. The predicted octanol–water partition coefficient (Wildman–Crippen LogP) is 1.71. The van der Waals surface area contributed by atoms with Crippen molar-refractivity contribution >= 4 is 23.0 Å². The minimum atomic E-state index is -0.485. The standard InChI is InChI=1S/C16H21N7O3/c1-21-6-8-22(9-7-21)20-16-14(23(24)25)15(17-11-18-16)19-12-4-3-5-13(10-12)26-2/h3-5,10-11H,6-9H2,1-2H3,(H2,17,18,19,20). The molecule has 10 nitrogen and oxygen atoms in total. The zero-order chi connectivity index (χ0) is 18.5. The molecule has 0 atom stereocenters. The maximum absolute atomic E-state index is 11.6. The van der Waals surface area contributed by atoms with E-state index in [1.54, 1.807) is 31.4 Å². The molecule has 1 aromatic heterocycles. The molecule has 10 heteroatoms. The highest BCUT2D eigenvalue weighted by molar-refractivity contribution is 5.73. The first-order chi connectivity index (χ1) is 12.6. The summed E-state index contributed by atoms with van der Waals surface area (Å²) in [7, 11) is 3.60. The molecule has 0 aliphatic carbocycles. The van der Waals surface area contributed by atoms with E-state index in [2.05, 4.69) is 25.6 Å². The van der Waals surface area contributed by atoms with E-state index >= 15 is 0 Å². The second kappa shape index (κ2) is 7.93. The van der Waals surface area contributed by atoms with Gasteiger partial charge in [0.25, 0.3) is 0 Å². The number of piperazine rings is 1. The van der Waals surface area contributed by atoms with Crippen LogP contribution in [0.5, 0.6) is 5.75 Å². The number of nitrogens with one attached hydrogen (secondary N) is 2. The smallest absolute Gasteiger partial charge is 0.354 e. The molecule has 0 spiro atoms. The van der Waals surface area contributed by atoms with Crippen LogP contribution in [-0.2, 0) is 0 Å². The van der Waals surface area contributed by atoms with Crippen LogP contribution >= 0.6 is 0 Å². The van der Waals surface area contributed by atoms with Gasteiger partial charge in [0.1, 0.15) is 12.1 Å². The van der Waals surface area contributed by atoms with Crippen LogP contribution in [0.25, 0.3) is 0 Å². The SMILES string of the molecule is COc1cccc(Nc2ncnc(NN3CCN(C)CC3)c2[N+](=O)[O-])c1. The lowest BCUT2D eigenvalue weighted by atomic mass is 10.3. The van der Waals surface area contributed by atoms with E-state index in [0.717, 1.165) is 26.2 Å². The average molecular weight is 359 g/mol. The van der Waals surface area contributed by atoms with Crippen LogP contribution in [-0.4, -0.2) is 65.1 Å². The van der Waals surface area contributed by atoms with Crippen LogP contribution in [0.15, 0.2) is 30.6 Å². The Morgan fingerprint density at radius 3 is 2.62 bits per heavy atom. The van der Waals surface area contributed by atoms with Gasteiger partial charge >= 0.3 is 5.69 Å². The number of anilines is 3. The Morgan fingerprint density at radius 2 is 1.92 bits per heavy atom. The second-order valence-corrected chi connectivity index (χ2v) is 5.94. The zero-order valence-electron chi connectivity index (χ0n) is 14.7. The molecule has 0 unspecified atom stereocenters. The summed E-state index contributed by atoms with van der Waals surface area (Å²) < 4.78 is 5.17. The lowest BCUT2D eigenvalue weighted by Crippen LogP contribution is -2.47. The summed E-state index contributed by atoms with van der Waals surface area (Å²) in [5.41, 5.74) is 3.49. The number of nitrogens with zero attached hydrogens (tertiary/aromatic N) is 5. The number of rotatable bonds is 6. The van der Waals surface area contributed by atoms with Crippen LogP contribution in [0.1, 0.15) is 0 Å². The van der Waals surface area contributed by atoms with E-state index in [1.807, 2.05) is 12.1 Å². The van der Waals surface area contributed by atoms with Crippen molar-refractivity contribution in [2.24, 2.45) is 0 Å². The number of aromatic nitrogens is 2. The molecule has 1 fully saturated rings. The van der Waals surface area contributed by atoms with Gasteiger partial charge in [0, 0.05) is 37.9 Å². The number of ether oxygens (including phenoxy) is 1. The Hall–Kier alpha value is -2.98. The number of methoxy groups -OCH3 is 1. The molecule has 26 heavy (non-hydrogen) atoms. The predicted molar refractivity (Wildman–Crippen MR) is 97.7 cm³/mol. The summed E-state index contributed by atoms with van der Waals surface area (Å²) in [4.78, 5) is 21.5. The van der Waals surface area contributed by atoms with Gasteiger partial charge in [-0.2, -0.15) is 0 Å². The third kappa shape index (κ3) is 4.16. The lowest BCUT2D eigenvalue weighted by Gasteiger charge is -2.32. The van der Waals surface area contributed by atoms with E-state index in [9.17, 15) is 10.1 Å². The minimum Gasteiger partial charge on any atom is -0.497 e. The third-order valence-corrected chi connectivity index (χ3v) is 4.10. The summed E-state index contributed by atoms with van der Waals surface area (Å²) >= 11 is 0. The molecule has 1 aliphatic heterocycles. The Labute approximate surface area is 150 Å². The van der Waals surface area contributed by atoms with Gasteiger partial charge in [0.05, 0.1) is 12.0 Å². The Morgan fingerprint density at radius 1 is 1.19 bits per heavy atom. The summed E-state index contributed by atoms with van der Waals surface area (Å²) in [6.45, 7) is 3.24. The normalized spacial score (nSPS) is 15.5. The van der Waals surface area contributed by atoms with E-state index in [-0.39, 0.29) is 17.3 Å². The van der Waals surface area contributed by atoms with Crippen LogP contribution in [0.3, 0.4) is 0 Å². The van der Waals surface area contributed by atoms with E-state index < -0.39 is 4.92 Å². The number of nitro groups is 1. The van der Waals surface area contributed by atoms with Crippen LogP contribution in [0, 0.1) is 10.1 Å². The van der Waals surface area contributed by atoms with Crippen molar-refractivity contribution in [2.45, 2.75) is 0 Å². The van der Waals surface area contributed by atoms with Crippen molar-refractivity contribution in [3.63, 3.8) is 0 Å².